The number of hydrogen-bond acceptors (Lipinski definition) is 3. The van der Waals surface area contributed by atoms with E-state index in [1.165, 1.54) is 0 Å². The molecule has 0 saturated carbocycles. The highest BCUT2D eigenvalue weighted by Gasteiger charge is 2.26. The van der Waals surface area contributed by atoms with Gasteiger partial charge in [0, 0.05) is 15.7 Å². The lowest BCUT2D eigenvalue weighted by molar-refractivity contribution is 0.0935. The minimum atomic E-state index is -0.382. The monoisotopic (exact) mass is 356 g/mol. The Labute approximate surface area is 137 Å². The zero-order valence-corrected chi connectivity index (χ0v) is 13.2. The number of hydrogen-bond donors (Lipinski definition) is 2. The van der Waals surface area contributed by atoms with Gasteiger partial charge in [0.1, 0.15) is 18.5 Å². The van der Waals surface area contributed by atoms with Gasteiger partial charge in [0.05, 0.1) is 5.56 Å². The van der Waals surface area contributed by atoms with E-state index in [-0.39, 0.29) is 18.7 Å². The summed E-state index contributed by atoms with van der Waals surface area (Å²) in [6.45, 7) is 0.173. The van der Waals surface area contributed by atoms with Crippen LogP contribution in [0.25, 0.3) is 0 Å². The lowest BCUT2D eigenvalue weighted by atomic mass is 10.1. The molecular formula is C17H13BrN2O2. The van der Waals surface area contributed by atoms with Gasteiger partial charge in [0.15, 0.2) is 0 Å². The molecular weight excluding hydrogens is 344 g/mol. The van der Waals surface area contributed by atoms with Crippen molar-refractivity contribution in [2.24, 2.45) is 0 Å². The first kappa shape index (κ1) is 14.5. The summed E-state index contributed by atoms with van der Waals surface area (Å²) in [7, 11) is 0. The summed E-state index contributed by atoms with van der Waals surface area (Å²) < 4.78 is 6.46. The first-order valence-electron chi connectivity index (χ1n) is 6.71. The molecule has 0 saturated heterocycles. The smallest absolute Gasteiger partial charge is 0.255 e. The topological polar surface area (TPSA) is 50.4 Å². The van der Waals surface area contributed by atoms with Crippen molar-refractivity contribution in [2.45, 2.75) is 6.17 Å². The zero-order chi connectivity index (χ0) is 15.5. The zero-order valence-electron chi connectivity index (χ0n) is 11.6. The lowest BCUT2D eigenvalue weighted by Crippen LogP contribution is -2.38. The maximum absolute atomic E-state index is 12.2. The molecule has 0 spiro atoms. The van der Waals surface area contributed by atoms with E-state index in [2.05, 4.69) is 32.5 Å². The number of ether oxygens (including phenoxy) is 1. The molecule has 4 nitrogen and oxygen atoms in total. The van der Waals surface area contributed by atoms with Crippen LogP contribution in [0.3, 0.4) is 0 Å². The van der Waals surface area contributed by atoms with Crippen molar-refractivity contribution in [2.75, 3.05) is 11.9 Å². The number of amides is 1. The van der Waals surface area contributed by atoms with Crippen molar-refractivity contribution >= 4 is 27.5 Å². The fourth-order valence-corrected chi connectivity index (χ4v) is 2.74. The Kier molecular flexibility index (Phi) is 4.03. The van der Waals surface area contributed by atoms with Gasteiger partial charge in [-0.2, -0.15) is 0 Å². The predicted octanol–water partition coefficient (Wildman–Crippen LogP) is 3.32. The van der Waals surface area contributed by atoms with Crippen LogP contribution in [0.4, 0.5) is 5.69 Å². The van der Waals surface area contributed by atoms with E-state index in [0.717, 1.165) is 15.7 Å². The Hall–Kier alpha value is -2.45. The predicted molar refractivity (Wildman–Crippen MR) is 88.7 cm³/mol. The molecule has 1 heterocycles. The first-order chi connectivity index (χ1) is 10.7. The Bertz CT molecular complexity index is 767. The van der Waals surface area contributed by atoms with Gasteiger partial charge in [0.2, 0.25) is 0 Å². The van der Waals surface area contributed by atoms with Gasteiger partial charge in [-0.15, -0.1) is 6.42 Å². The molecule has 22 heavy (non-hydrogen) atoms. The standard InChI is InChI=1S/C17H13BrN2O2/c1-2-9-22-15-8-7-11(18)10-13(15)16-19-14-6-4-3-5-12(14)17(21)20-16/h1,3-8,10,16,19H,9H2,(H,20,21)/t16-/m1/s1. The Morgan fingerprint density at radius 1 is 1.23 bits per heavy atom. The molecule has 0 unspecified atom stereocenters. The van der Waals surface area contributed by atoms with E-state index < -0.39 is 0 Å². The minimum Gasteiger partial charge on any atom is -0.481 e. The number of carbonyl (C=O) groups excluding carboxylic acids is 1. The first-order valence-corrected chi connectivity index (χ1v) is 7.50. The van der Waals surface area contributed by atoms with Crippen LogP contribution in [-0.2, 0) is 0 Å². The van der Waals surface area contributed by atoms with Gasteiger partial charge < -0.3 is 15.4 Å². The second-order valence-corrected chi connectivity index (χ2v) is 5.69. The number of terminal acetylenes is 1. The van der Waals surface area contributed by atoms with E-state index in [4.69, 9.17) is 11.2 Å². The second-order valence-electron chi connectivity index (χ2n) is 4.77. The number of anilines is 1. The van der Waals surface area contributed by atoms with Gasteiger partial charge in [0.25, 0.3) is 5.91 Å². The molecule has 5 heteroatoms. The van der Waals surface area contributed by atoms with E-state index >= 15 is 0 Å². The molecule has 0 fully saturated rings. The van der Waals surface area contributed by atoms with Gasteiger partial charge in [-0.1, -0.05) is 34.0 Å². The van der Waals surface area contributed by atoms with Crippen LogP contribution in [0.2, 0.25) is 0 Å². The fraction of sp³-hybridized carbons (Fsp3) is 0.118. The highest BCUT2D eigenvalue weighted by atomic mass is 79.9. The van der Waals surface area contributed by atoms with Crippen LogP contribution in [0.1, 0.15) is 22.1 Å². The number of benzene rings is 2. The van der Waals surface area contributed by atoms with Crippen LogP contribution in [0.5, 0.6) is 5.75 Å². The number of halogens is 1. The second kappa shape index (κ2) is 6.12. The van der Waals surface area contributed by atoms with E-state index in [0.29, 0.717) is 11.3 Å². The highest BCUT2D eigenvalue weighted by Crippen LogP contribution is 2.33. The van der Waals surface area contributed by atoms with Crippen molar-refractivity contribution in [3.05, 3.63) is 58.1 Å². The summed E-state index contributed by atoms with van der Waals surface area (Å²) in [5, 5.41) is 6.23. The Morgan fingerprint density at radius 2 is 2.05 bits per heavy atom. The normalized spacial score (nSPS) is 16.0. The minimum absolute atomic E-state index is 0.123. The average molecular weight is 357 g/mol. The van der Waals surface area contributed by atoms with E-state index in [1.54, 1.807) is 6.07 Å². The van der Waals surface area contributed by atoms with Gasteiger partial charge in [-0.25, -0.2) is 0 Å². The van der Waals surface area contributed by atoms with Gasteiger partial charge >= 0.3 is 0 Å². The maximum atomic E-state index is 12.2. The molecule has 0 bridgehead atoms. The SMILES string of the molecule is C#CCOc1ccc(Br)cc1[C@H]1NC(=O)c2ccccc2N1. The molecule has 2 N–H and O–H groups in total. The van der Waals surface area contributed by atoms with Crippen molar-refractivity contribution in [3.63, 3.8) is 0 Å². The fourth-order valence-electron chi connectivity index (χ4n) is 2.36. The highest BCUT2D eigenvalue weighted by molar-refractivity contribution is 9.10. The molecule has 1 amide bonds. The van der Waals surface area contributed by atoms with Gasteiger partial charge in [-0.3, -0.25) is 4.79 Å². The summed E-state index contributed by atoms with van der Waals surface area (Å²) in [5.41, 5.74) is 2.23. The lowest BCUT2D eigenvalue weighted by Gasteiger charge is -2.29. The van der Waals surface area contributed by atoms with Gasteiger partial charge in [-0.05, 0) is 30.3 Å². The molecule has 110 valence electrons. The van der Waals surface area contributed by atoms with Crippen LogP contribution >= 0.6 is 15.9 Å². The van der Waals surface area contributed by atoms with E-state index in [1.807, 2.05) is 36.4 Å². The largest absolute Gasteiger partial charge is 0.481 e. The van der Waals surface area contributed by atoms with Crippen LogP contribution in [0.15, 0.2) is 46.9 Å². The van der Waals surface area contributed by atoms with Crippen molar-refractivity contribution in [3.8, 4) is 18.1 Å². The summed E-state index contributed by atoms with van der Waals surface area (Å²) in [6, 6.07) is 13.0. The van der Waals surface area contributed by atoms with E-state index in [9.17, 15) is 4.79 Å². The third-order valence-electron chi connectivity index (χ3n) is 3.34. The summed E-state index contributed by atoms with van der Waals surface area (Å²) in [6.07, 6.45) is 4.87. The van der Waals surface area contributed by atoms with Crippen LogP contribution in [0, 0.1) is 12.3 Å². The number of para-hydroxylation sites is 1. The quantitative estimate of drug-likeness (QED) is 0.829. The molecule has 3 rings (SSSR count). The number of rotatable bonds is 3. The van der Waals surface area contributed by atoms with Crippen molar-refractivity contribution in [1.29, 1.82) is 0 Å². The van der Waals surface area contributed by atoms with Crippen LogP contribution < -0.4 is 15.4 Å². The summed E-state index contributed by atoms with van der Waals surface area (Å²) in [5.74, 6) is 2.96. The van der Waals surface area contributed by atoms with Crippen molar-refractivity contribution in [1.82, 2.24) is 5.32 Å². The van der Waals surface area contributed by atoms with Crippen molar-refractivity contribution < 1.29 is 9.53 Å². The molecule has 0 aromatic heterocycles. The molecule has 2 aromatic rings. The molecule has 0 aliphatic carbocycles. The Balaban J connectivity index is 1.97. The summed E-state index contributed by atoms with van der Waals surface area (Å²) >= 11 is 3.44. The molecule has 2 aromatic carbocycles. The third-order valence-corrected chi connectivity index (χ3v) is 3.83. The number of fused-ring (bicyclic) bond motifs is 1. The number of nitrogens with one attached hydrogen (secondary N) is 2. The molecule has 0 radical (unpaired) electrons. The average Bonchev–Trinajstić information content (AvgIpc) is 2.53. The third kappa shape index (κ3) is 2.78. The molecule has 1 atom stereocenters. The molecule has 1 aliphatic rings. The number of carbonyl (C=O) groups is 1. The maximum Gasteiger partial charge on any atom is 0.255 e. The van der Waals surface area contributed by atoms with Crippen LogP contribution in [-0.4, -0.2) is 12.5 Å². The Morgan fingerprint density at radius 3 is 2.86 bits per heavy atom. The summed E-state index contributed by atoms with van der Waals surface area (Å²) in [4.78, 5) is 12.2. The molecule has 1 aliphatic heterocycles.